The number of rotatable bonds is 6. The number of nitrogens with zero attached hydrogens (tertiary/aromatic N) is 2. The number of benzene rings is 1. The van der Waals surface area contributed by atoms with Gasteiger partial charge in [0.1, 0.15) is 5.01 Å². The fourth-order valence-electron chi connectivity index (χ4n) is 2.61. The quantitative estimate of drug-likeness (QED) is 0.841. The number of hydrogen-bond donors (Lipinski definition) is 2. The fraction of sp³-hybridized carbons (Fsp3) is 0.471. The van der Waals surface area contributed by atoms with Gasteiger partial charge in [0.2, 0.25) is 5.01 Å². The Balaban J connectivity index is 1.52. The van der Waals surface area contributed by atoms with E-state index in [1.54, 1.807) is 0 Å². The molecule has 1 aliphatic heterocycles. The first-order chi connectivity index (χ1) is 11.6. The zero-order chi connectivity index (χ0) is 16.9. The Labute approximate surface area is 145 Å². The van der Waals surface area contributed by atoms with Crippen LogP contribution in [0.5, 0.6) is 0 Å². The molecule has 1 aliphatic rings. The molecule has 2 atom stereocenters. The first kappa shape index (κ1) is 17.0. The van der Waals surface area contributed by atoms with E-state index in [1.807, 2.05) is 31.2 Å². The standard InChI is InChI=1S/C17H22N4O2S/c1-11-5-7-13(8-6-11)19-16(22)17-21-20-15(24-17)10-18-12(2)14-4-3-9-23-14/h5-8,12,14,18H,3-4,9-10H2,1-2H3,(H,19,22)/t12-,14+/m0/s1. The van der Waals surface area contributed by atoms with Gasteiger partial charge in [-0.05, 0) is 38.8 Å². The van der Waals surface area contributed by atoms with Crippen LogP contribution in [-0.4, -0.2) is 34.9 Å². The monoisotopic (exact) mass is 346 g/mol. The molecule has 0 unspecified atom stereocenters. The Bertz CT molecular complexity index is 680. The average Bonchev–Trinajstić information content (AvgIpc) is 3.26. The van der Waals surface area contributed by atoms with Crippen molar-refractivity contribution in [2.45, 2.75) is 45.4 Å². The maximum atomic E-state index is 12.2. The Morgan fingerprint density at radius 3 is 2.88 bits per heavy atom. The van der Waals surface area contributed by atoms with Crippen LogP contribution in [0.2, 0.25) is 0 Å². The Morgan fingerprint density at radius 1 is 1.38 bits per heavy atom. The summed E-state index contributed by atoms with van der Waals surface area (Å²) in [4.78, 5) is 12.2. The highest BCUT2D eigenvalue weighted by atomic mass is 32.1. The van der Waals surface area contributed by atoms with Crippen LogP contribution < -0.4 is 10.6 Å². The van der Waals surface area contributed by atoms with Gasteiger partial charge in [-0.2, -0.15) is 0 Å². The Hall–Kier alpha value is -1.83. The molecule has 0 bridgehead atoms. The predicted molar refractivity (Wildman–Crippen MR) is 94.3 cm³/mol. The average molecular weight is 346 g/mol. The molecule has 1 fully saturated rings. The van der Waals surface area contributed by atoms with Crippen LogP contribution in [0.4, 0.5) is 5.69 Å². The highest BCUT2D eigenvalue weighted by Crippen LogP contribution is 2.17. The maximum Gasteiger partial charge on any atom is 0.286 e. The number of anilines is 1. The topological polar surface area (TPSA) is 76.1 Å². The first-order valence-corrected chi connectivity index (χ1v) is 8.99. The second-order valence-electron chi connectivity index (χ2n) is 6.04. The molecule has 0 saturated carbocycles. The molecule has 1 amide bonds. The highest BCUT2D eigenvalue weighted by Gasteiger charge is 2.22. The molecular formula is C17H22N4O2S. The molecule has 2 heterocycles. The van der Waals surface area contributed by atoms with E-state index in [0.29, 0.717) is 11.6 Å². The van der Waals surface area contributed by atoms with Crippen molar-refractivity contribution < 1.29 is 9.53 Å². The third-order valence-corrected chi connectivity index (χ3v) is 4.99. The van der Waals surface area contributed by atoms with Crippen molar-refractivity contribution in [2.24, 2.45) is 0 Å². The van der Waals surface area contributed by atoms with E-state index in [-0.39, 0.29) is 18.1 Å². The van der Waals surface area contributed by atoms with Crippen LogP contribution in [0.1, 0.15) is 40.1 Å². The summed E-state index contributed by atoms with van der Waals surface area (Å²) in [6, 6.07) is 7.93. The number of amides is 1. The lowest BCUT2D eigenvalue weighted by atomic mass is 10.1. The van der Waals surface area contributed by atoms with E-state index < -0.39 is 0 Å². The highest BCUT2D eigenvalue weighted by molar-refractivity contribution is 7.13. The van der Waals surface area contributed by atoms with Crippen LogP contribution >= 0.6 is 11.3 Å². The van der Waals surface area contributed by atoms with Gasteiger partial charge in [-0.15, -0.1) is 10.2 Å². The summed E-state index contributed by atoms with van der Waals surface area (Å²) < 4.78 is 5.66. The molecule has 6 nitrogen and oxygen atoms in total. The minimum Gasteiger partial charge on any atom is -0.377 e. The summed E-state index contributed by atoms with van der Waals surface area (Å²) in [6.45, 7) is 5.56. The molecule has 128 valence electrons. The van der Waals surface area contributed by atoms with Gasteiger partial charge < -0.3 is 15.4 Å². The van der Waals surface area contributed by atoms with Gasteiger partial charge in [0.25, 0.3) is 5.91 Å². The Kier molecular flexibility index (Phi) is 5.55. The van der Waals surface area contributed by atoms with Crippen molar-refractivity contribution in [3.05, 3.63) is 39.8 Å². The minimum atomic E-state index is -0.227. The SMILES string of the molecule is Cc1ccc(NC(=O)c2nnc(CN[C@@H](C)[C@H]3CCCO3)s2)cc1. The van der Waals surface area contributed by atoms with E-state index in [9.17, 15) is 4.79 Å². The molecule has 1 aromatic heterocycles. The van der Waals surface area contributed by atoms with E-state index in [4.69, 9.17) is 4.74 Å². The van der Waals surface area contributed by atoms with Crippen LogP contribution in [0, 0.1) is 6.92 Å². The molecule has 24 heavy (non-hydrogen) atoms. The molecule has 0 spiro atoms. The number of hydrogen-bond acceptors (Lipinski definition) is 6. The van der Waals surface area contributed by atoms with Crippen molar-refractivity contribution in [1.29, 1.82) is 0 Å². The van der Waals surface area contributed by atoms with Crippen LogP contribution in [-0.2, 0) is 11.3 Å². The van der Waals surface area contributed by atoms with Crippen LogP contribution in [0.25, 0.3) is 0 Å². The molecule has 2 aromatic rings. The molecule has 7 heteroatoms. The summed E-state index contributed by atoms with van der Waals surface area (Å²) in [7, 11) is 0. The zero-order valence-corrected chi connectivity index (χ0v) is 14.7. The number of carbonyl (C=O) groups excluding carboxylic acids is 1. The number of nitrogens with one attached hydrogen (secondary N) is 2. The summed E-state index contributed by atoms with van der Waals surface area (Å²) in [5, 5.41) is 15.5. The molecular weight excluding hydrogens is 324 g/mol. The van der Waals surface area contributed by atoms with Crippen molar-refractivity contribution in [3.63, 3.8) is 0 Å². The second kappa shape index (κ2) is 7.83. The van der Waals surface area contributed by atoms with Crippen LogP contribution in [0.15, 0.2) is 24.3 Å². The van der Waals surface area contributed by atoms with Gasteiger partial charge in [-0.1, -0.05) is 29.0 Å². The third-order valence-electron chi connectivity index (χ3n) is 4.07. The second-order valence-corrected chi connectivity index (χ2v) is 7.10. The van der Waals surface area contributed by atoms with E-state index in [1.165, 1.54) is 11.3 Å². The van der Waals surface area contributed by atoms with Crippen molar-refractivity contribution >= 4 is 22.9 Å². The number of carbonyl (C=O) groups is 1. The molecule has 2 N–H and O–H groups in total. The van der Waals surface area contributed by atoms with Crippen molar-refractivity contribution in [1.82, 2.24) is 15.5 Å². The lowest BCUT2D eigenvalue weighted by molar-refractivity contribution is 0.0832. The molecule has 0 aliphatic carbocycles. The molecule has 3 rings (SSSR count). The van der Waals surface area contributed by atoms with Gasteiger partial charge >= 0.3 is 0 Å². The largest absolute Gasteiger partial charge is 0.377 e. The fourth-order valence-corrected chi connectivity index (χ4v) is 3.30. The normalized spacial score (nSPS) is 18.5. The predicted octanol–water partition coefficient (Wildman–Crippen LogP) is 2.76. The van der Waals surface area contributed by atoms with E-state index >= 15 is 0 Å². The van der Waals surface area contributed by atoms with Gasteiger partial charge in [0, 0.05) is 18.3 Å². The van der Waals surface area contributed by atoms with Crippen molar-refractivity contribution in [3.8, 4) is 0 Å². The van der Waals surface area contributed by atoms with Gasteiger partial charge in [0.15, 0.2) is 0 Å². The molecule has 0 radical (unpaired) electrons. The number of ether oxygens (including phenoxy) is 1. The minimum absolute atomic E-state index is 0.227. The van der Waals surface area contributed by atoms with E-state index in [0.717, 1.165) is 35.7 Å². The molecule has 1 aromatic carbocycles. The smallest absolute Gasteiger partial charge is 0.286 e. The van der Waals surface area contributed by atoms with Crippen molar-refractivity contribution in [2.75, 3.05) is 11.9 Å². The lowest BCUT2D eigenvalue weighted by Gasteiger charge is -2.19. The first-order valence-electron chi connectivity index (χ1n) is 8.17. The maximum absolute atomic E-state index is 12.2. The number of aryl methyl sites for hydroxylation is 1. The third kappa shape index (κ3) is 4.37. The number of aromatic nitrogens is 2. The zero-order valence-electron chi connectivity index (χ0n) is 13.9. The van der Waals surface area contributed by atoms with Crippen LogP contribution in [0.3, 0.4) is 0 Å². The summed E-state index contributed by atoms with van der Waals surface area (Å²) in [5.74, 6) is -0.227. The van der Waals surface area contributed by atoms with Gasteiger partial charge in [-0.25, -0.2) is 0 Å². The molecule has 1 saturated heterocycles. The lowest BCUT2D eigenvalue weighted by Crippen LogP contribution is -2.36. The Morgan fingerprint density at radius 2 is 2.17 bits per heavy atom. The van der Waals surface area contributed by atoms with E-state index in [2.05, 4.69) is 27.8 Å². The summed E-state index contributed by atoms with van der Waals surface area (Å²) in [5.41, 5.74) is 1.91. The van der Waals surface area contributed by atoms with Gasteiger partial charge in [0.05, 0.1) is 12.6 Å². The summed E-state index contributed by atoms with van der Waals surface area (Å²) in [6.07, 6.45) is 2.48. The summed E-state index contributed by atoms with van der Waals surface area (Å²) >= 11 is 1.31. The van der Waals surface area contributed by atoms with Gasteiger partial charge in [-0.3, -0.25) is 4.79 Å².